The second kappa shape index (κ2) is 5.91. The lowest BCUT2D eigenvalue weighted by atomic mass is 9.94. The quantitative estimate of drug-likeness (QED) is 0.630. The number of oxime groups is 1. The van der Waals surface area contributed by atoms with Gasteiger partial charge in [0, 0.05) is 31.3 Å². The molecule has 18 heavy (non-hydrogen) atoms. The van der Waals surface area contributed by atoms with E-state index in [-0.39, 0.29) is 19.0 Å². The van der Waals surface area contributed by atoms with Crippen LogP contribution in [0.3, 0.4) is 0 Å². The standard InChI is InChI=1S/C11H14ClN3O2.ClH/c12-11-3-10(17-14-11)7-16-13-4-9-6-15-2-1-8(9)5-15;/h3-4,8-9H,1-2,5-7H2;1H. The summed E-state index contributed by atoms with van der Waals surface area (Å²) >= 11 is 5.62. The third-order valence-corrected chi connectivity index (χ3v) is 3.63. The molecule has 1 aromatic heterocycles. The first kappa shape index (κ1) is 13.6. The fraction of sp³-hybridized carbons (Fsp3) is 0.636. The Bertz CT molecular complexity index is 424. The summed E-state index contributed by atoms with van der Waals surface area (Å²) in [6.45, 7) is 3.85. The molecule has 0 N–H and O–H groups in total. The summed E-state index contributed by atoms with van der Waals surface area (Å²) in [6.07, 6.45) is 3.20. The monoisotopic (exact) mass is 291 g/mol. The predicted molar refractivity (Wildman–Crippen MR) is 70.1 cm³/mol. The van der Waals surface area contributed by atoms with Crippen LogP contribution in [0.15, 0.2) is 15.7 Å². The van der Waals surface area contributed by atoms with E-state index >= 15 is 0 Å². The number of piperidine rings is 1. The second-order valence-electron chi connectivity index (χ2n) is 4.62. The maximum atomic E-state index is 5.62. The van der Waals surface area contributed by atoms with E-state index in [9.17, 15) is 0 Å². The van der Waals surface area contributed by atoms with Gasteiger partial charge >= 0.3 is 0 Å². The van der Waals surface area contributed by atoms with E-state index in [2.05, 4.69) is 15.2 Å². The van der Waals surface area contributed by atoms with Crippen LogP contribution in [-0.4, -0.2) is 35.9 Å². The van der Waals surface area contributed by atoms with E-state index in [1.807, 2.05) is 6.21 Å². The Morgan fingerprint density at radius 3 is 3.11 bits per heavy atom. The molecule has 0 saturated carbocycles. The Kier molecular flexibility index (Phi) is 4.48. The van der Waals surface area contributed by atoms with E-state index < -0.39 is 0 Å². The van der Waals surface area contributed by atoms with Gasteiger partial charge in [-0.3, -0.25) is 0 Å². The molecule has 2 aliphatic heterocycles. The Morgan fingerprint density at radius 2 is 2.50 bits per heavy atom. The lowest BCUT2D eigenvalue weighted by Crippen LogP contribution is -2.24. The first-order valence-electron chi connectivity index (χ1n) is 5.80. The van der Waals surface area contributed by atoms with Gasteiger partial charge in [0.2, 0.25) is 0 Å². The summed E-state index contributed by atoms with van der Waals surface area (Å²) in [5.74, 6) is 1.90. The first-order chi connectivity index (χ1) is 8.31. The van der Waals surface area contributed by atoms with Crippen molar-refractivity contribution in [3.63, 3.8) is 0 Å². The predicted octanol–water partition coefficient (Wildman–Crippen LogP) is 2.20. The van der Waals surface area contributed by atoms with Gasteiger partial charge in [-0.15, -0.1) is 12.4 Å². The van der Waals surface area contributed by atoms with Crippen molar-refractivity contribution < 1.29 is 9.36 Å². The Labute approximate surface area is 116 Å². The lowest BCUT2D eigenvalue weighted by molar-refractivity contribution is 0.109. The molecule has 3 unspecified atom stereocenters. The van der Waals surface area contributed by atoms with Crippen molar-refractivity contribution in [3.8, 4) is 0 Å². The Balaban J connectivity index is 0.00000120. The van der Waals surface area contributed by atoms with Crippen LogP contribution in [0.2, 0.25) is 5.15 Å². The molecular formula is C11H15Cl2N3O2. The average molecular weight is 292 g/mol. The fourth-order valence-corrected chi connectivity index (χ4v) is 2.73. The minimum absolute atomic E-state index is 0. The van der Waals surface area contributed by atoms with Gasteiger partial charge in [0.25, 0.3) is 0 Å². The number of fused-ring (bicyclic) bond motifs is 2. The van der Waals surface area contributed by atoms with E-state index in [4.69, 9.17) is 21.0 Å². The smallest absolute Gasteiger partial charge is 0.178 e. The minimum Gasteiger partial charge on any atom is -0.388 e. The molecule has 0 radical (unpaired) electrons. The van der Waals surface area contributed by atoms with Crippen molar-refractivity contribution in [2.45, 2.75) is 13.0 Å². The average Bonchev–Trinajstić information content (AvgIpc) is 3.00. The zero-order valence-corrected chi connectivity index (χ0v) is 11.4. The number of hydrogen-bond donors (Lipinski definition) is 0. The van der Waals surface area contributed by atoms with Gasteiger partial charge in [0.1, 0.15) is 0 Å². The molecule has 100 valence electrons. The van der Waals surface area contributed by atoms with E-state index in [1.54, 1.807) is 6.07 Å². The molecule has 1 aromatic rings. The van der Waals surface area contributed by atoms with Crippen LogP contribution in [-0.2, 0) is 11.4 Å². The number of hydrogen-bond acceptors (Lipinski definition) is 5. The summed E-state index contributed by atoms with van der Waals surface area (Å²) in [5.41, 5.74) is 0. The van der Waals surface area contributed by atoms with Gasteiger partial charge in [0.15, 0.2) is 17.5 Å². The van der Waals surface area contributed by atoms with Crippen molar-refractivity contribution >= 4 is 30.2 Å². The number of nitrogens with zero attached hydrogens (tertiary/aromatic N) is 3. The number of halogens is 2. The van der Waals surface area contributed by atoms with E-state index in [0.29, 0.717) is 16.8 Å². The van der Waals surface area contributed by atoms with Crippen LogP contribution in [0, 0.1) is 11.8 Å². The van der Waals surface area contributed by atoms with E-state index in [1.165, 1.54) is 19.5 Å². The molecule has 3 atom stereocenters. The largest absolute Gasteiger partial charge is 0.388 e. The lowest BCUT2D eigenvalue weighted by Gasteiger charge is -2.17. The molecule has 0 amide bonds. The first-order valence-corrected chi connectivity index (χ1v) is 6.18. The normalized spacial score (nSPS) is 29.7. The summed E-state index contributed by atoms with van der Waals surface area (Å²) < 4.78 is 4.90. The van der Waals surface area contributed by atoms with Crippen LogP contribution >= 0.6 is 24.0 Å². The van der Waals surface area contributed by atoms with Crippen LogP contribution in [0.25, 0.3) is 0 Å². The van der Waals surface area contributed by atoms with Gasteiger partial charge < -0.3 is 14.3 Å². The van der Waals surface area contributed by atoms with Crippen molar-refractivity contribution in [2.75, 3.05) is 19.6 Å². The van der Waals surface area contributed by atoms with Crippen molar-refractivity contribution in [2.24, 2.45) is 17.0 Å². The van der Waals surface area contributed by atoms with Gasteiger partial charge in [-0.1, -0.05) is 21.9 Å². The van der Waals surface area contributed by atoms with Crippen LogP contribution < -0.4 is 0 Å². The molecule has 2 fully saturated rings. The number of aromatic nitrogens is 1. The van der Waals surface area contributed by atoms with Gasteiger partial charge in [0.05, 0.1) is 0 Å². The highest BCUT2D eigenvalue weighted by Crippen LogP contribution is 2.31. The molecule has 0 aromatic carbocycles. The molecule has 2 bridgehead atoms. The minimum atomic E-state index is 0. The van der Waals surface area contributed by atoms with Gasteiger partial charge in [-0.2, -0.15) is 0 Å². The molecule has 3 heterocycles. The van der Waals surface area contributed by atoms with Crippen molar-refractivity contribution in [1.82, 2.24) is 10.1 Å². The Hall–Kier alpha value is -0.780. The molecule has 5 nitrogen and oxygen atoms in total. The second-order valence-corrected chi connectivity index (χ2v) is 5.00. The third-order valence-electron chi connectivity index (χ3n) is 3.45. The van der Waals surface area contributed by atoms with Crippen LogP contribution in [0.1, 0.15) is 12.2 Å². The summed E-state index contributed by atoms with van der Waals surface area (Å²) in [5, 5.41) is 7.89. The highest BCUT2D eigenvalue weighted by atomic mass is 35.5. The molecule has 0 aliphatic carbocycles. The summed E-state index contributed by atoms with van der Waals surface area (Å²) in [6, 6.07) is 1.63. The maximum Gasteiger partial charge on any atom is 0.178 e. The Morgan fingerprint density at radius 1 is 1.61 bits per heavy atom. The molecule has 2 saturated heterocycles. The van der Waals surface area contributed by atoms with E-state index in [0.717, 1.165) is 12.5 Å². The molecular weight excluding hydrogens is 277 g/mol. The molecule has 7 heteroatoms. The molecule has 3 rings (SSSR count). The third kappa shape index (κ3) is 2.96. The topological polar surface area (TPSA) is 50.9 Å². The van der Waals surface area contributed by atoms with Gasteiger partial charge in [-0.05, 0) is 18.9 Å². The zero-order chi connectivity index (χ0) is 11.7. The molecule has 2 aliphatic rings. The van der Waals surface area contributed by atoms with Gasteiger partial charge in [-0.25, -0.2) is 0 Å². The fourth-order valence-electron chi connectivity index (χ4n) is 2.57. The summed E-state index contributed by atoms with van der Waals surface area (Å²) in [7, 11) is 0. The SMILES string of the molecule is Cl.Clc1cc(CON=CC2CN3CCC2C3)on1. The van der Waals surface area contributed by atoms with Crippen LogP contribution in [0.4, 0.5) is 0 Å². The highest BCUT2D eigenvalue weighted by molar-refractivity contribution is 6.29. The zero-order valence-electron chi connectivity index (χ0n) is 9.79. The van der Waals surface area contributed by atoms with Crippen molar-refractivity contribution in [1.29, 1.82) is 0 Å². The summed E-state index contributed by atoms with van der Waals surface area (Å²) in [4.78, 5) is 7.63. The maximum absolute atomic E-state index is 5.62. The highest BCUT2D eigenvalue weighted by Gasteiger charge is 2.36. The van der Waals surface area contributed by atoms with Crippen molar-refractivity contribution in [3.05, 3.63) is 17.0 Å². The molecule has 0 spiro atoms. The van der Waals surface area contributed by atoms with Crippen LogP contribution in [0.5, 0.6) is 0 Å². The number of rotatable bonds is 4.